The quantitative estimate of drug-likeness (QED) is 0.0208. The molecule has 8 heteroatoms. The van der Waals surface area contributed by atoms with E-state index in [0.29, 0.717) is 12.8 Å². The lowest BCUT2D eigenvalue weighted by atomic mass is 10.1. The number of ether oxygens (including phenoxy) is 3. The number of hydrogen-bond donors (Lipinski definition) is 0. The van der Waals surface area contributed by atoms with Crippen LogP contribution in [0.3, 0.4) is 0 Å². The van der Waals surface area contributed by atoms with Crippen molar-refractivity contribution in [2.24, 2.45) is 0 Å². The smallest absolute Gasteiger partial charge is 0.306 e. The Hall–Kier alpha value is -4.01. The second-order valence-corrected chi connectivity index (χ2v) is 14.6. The maximum Gasteiger partial charge on any atom is 0.306 e. The number of allylic oxidation sites excluding steroid dienone is 18. The molecule has 0 aliphatic heterocycles. The molecule has 0 saturated carbocycles. The van der Waals surface area contributed by atoms with Crippen molar-refractivity contribution in [3.63, 3.8) is 0 Å². The second-order valence-electron chi connectivity index (χ2n) is 14.6. The Morgan fingerprint density at radius 1 is 0.554 bits per heavy atom. The molecule has 0 spiro atoms. The van der Waals surface area contributed by atoms with Gasteiger partial charge in [-0.1, -0.05) is 136 Å². The number of likely N-dealkylation sites (N-methyl/N-ethyl adjacent to an activating group) is 1. The summed E-state index contributed by atoms with van der Waals surface area (Å²) >= 11 is 0. The highest BCUT2D eigenvalue weighted by molar-refractivity contribution is 5.70. The third-order valence-electron chi connectivity index (χ3n) is 8.50. The topological polar surface area (TPSA) is 102 Å². The number of carbonyl (C=O) groups is 3. The molecule has 0 N–H and O–H groups in total. The fraction of sp³-hybridized carbons (Fsp3) is 0.562. The summed E-state index contributed by atoms with van der Waals surface area (Å²) in [5, 5.41) is 11.6. The SMILES string of the molecule is CC/C=C/C=C/C=C/C=C/CCCCCC(=O)OC(COCCC(C(=O)[O-])[N+](C)(C)C)COC(=O)CCCCC/C=C/C/C=C/C/C=C/C/C=C/C/C=C/CC. The number of unbranched alkanes of at least 4 members (excludes halogenated alkanes) is 6. The Morgan fingerprint density at radius 3 is 1.57 bits per heavy atom. The summed E-state index contributed by atoms with van der Waals surface area (Å²) in [6.07, 6.45) is 51.2. The van der Waals surface area contributed by atoms with Gasteiger partial charge in [0.15, 0.2) is 6.10 Å². The molecule has 2 atom stereocenters. The summed E-state index contributed by atoms with van der Waals surface area (Å²) in [4.78, 5) is 36.8. The van der Waals surface area contributed by atoms with E-state index in [1.807, 2.05) is 36.5 Å². The van der Waals surface area contributed by atoms with E-state index in [1.165, 1.54) is 0 Å². The van der Waals surface area contributed by atoms with Gasteiger partial charge in [0.1, 0.15) is 12.6 Å². The largest absolute Gasteiger partial charge is 0.544 e. The fourth-order valence-electron chi connectivity index (χ4n) is 5.28. The van der Waals surface area contributed by atoms with Crippen LogP contribution in [-0.2, 0) is 28.6 Å². The summed E-state index contributed by atoms with van der Waals surface area (Å²) in [5.41, 5.74) is 0. The molecular formula is C48H75NO7. The lowest BCUT2D eigenvalue weighted by Gasteiger charge is -2.34. The predicted molar refractivity (Wildman–Crippen MR) is 231 cm³/mol. The van der Waals surface area contributed by atoms with Crippen LogP contribution in [0.2, 0.25) is 0 Å². The Bertz CT molecular complexity index is 1280. The molecule has 314 valence electrons. The van der Waals surface area contributed by atoms with Crippen LogP contribution < -0.4 is 5.11 Å². The van der Waals surface area contributed by atoms with Gasteiger partial charge in [-0.05, 0) is 77.0 Å². The van der Waals surface area contributed by atoms with Gasteiger partial charge >= 0.3 is 11.9 Å². The Balaban J connectivity index is 4.50. The zero-order valence-electron chi connectivity index (χ0n) is 35.5. The van der Waals surface area contributed by atoms with Crippen LogP contribution in [0.5, 0.6) is 0 Å². The minimum atomic E-state index is -1.14. The number of hydrogen-bond acceptors (Lipinski definition) is 7. The first-order chi connectivity index (χ1) is 27.1. The average molecular weight is 778 g/mol. The number of esters is 2. The van der Waals surface area contributed by atoms with E-state index in [9.17, 15) is 19.5 Å². The lowest BCUT2D eigenvalue weighted by molar-refractivity contribution is -0.889. The predicted octanol–water partition coefficient (Wildman–Crippen LogP) is 9.96. The normalized spacial score (nSPS) is 14.1. The fourth-order valence-corrected chi connectivity index (χ4v) is 5.28. The standard InChI is InChI=1S/C48H75NO7/c1-6-8-10-12-14-16-18-20-21-22-23-24-25-27-28-30-32-34-36-38-46(50)55-43-44(42-54-41-40-45(48(52)53)49(3,4)5)56-47(51)39-37-35-33-31-29-26-19-17-15-13-11-9-7-2/h8-11,13-17,19-21,23-24,26-29,44-45H,6-7,12,18,22,25,30-43H2,1-5H3/b10-8+,11-9+,15-13+,16-14+,19-17+,21-20+,24-23+,28-27+,29-26+. The van der Waals surface area contributed by atoms with Crippen molar-refractivity contribution in [3.05, 3.63) is 109 Å². The monoisotopic (exact) mass is 778 g/mol. The molecule has 8 nitrogen and oxygen atoms in total. The van der Waals surface area contributed by atoms with Crippen LogP contribution >= 0.6 is 0 Å². The highest BCUT2D eigenvalue weighted by Gasteiger charge is 2.25. The third-order valence-corrected chi connectivity index (χ3v) is 8.50. The lowest BCUT2D eigenvalue weighted by Crippen LogP contribution is -2.55. The highest BCUT2D eigenvalue weighted by atomic mass is 16.6. The van der Waals surface area contributed by atoms with Gasteiger partial charge in [-0.25, -0.2) is 0 Å². The molecule has 0 radical (unpaired) electrons. The van der Waals surface area contributed by atoms with E-state index in [4.69, 9.17) is 14.2 Å². The van der Waals surface area contributed by atoms with Gasteiger partial charge in [0.25, 0.3) is 0 Å². The van der Waals surface area contributed by atoms with Crippen molar-refractivity contribution >= 4 is 17.9 Å². The number of carbonyl (C=O) groups excluding carboxylic acids is 3. The Kier molecular flexibility index (Phi) is 35.2. The molecule has 0 fully saturated rings. The first-order valence-corrected chi connectivity index (χ1v) is 21.0. The van der Waals surface area contributed by atoms with E-state index < -0.39 is 18.1 Å². The molecule has 0 aromatic rings. The zero-order chi connectivity index (χ0) is 41.4. The van der Waals surface area contributed by atoms with E-state index in [1.54, 1.807) is 21.1 Å². The molecule has 0 aliphatic rings. The van der Waals surface area contributed by atoms with Crippen LogP contribution in [0.15, 0.2) is 109 Å². The van der Waals surface area contributed by atoms with Gasteiger partial charge < -0.3 is 28.6 Å². The van der Waals surface area contributed by atoms with Crippen LogP contribution in [0.1, 0.15) is 123 Å². The van der Waals surface area contributed by atoms with Crippen molar-refractivity contribution in [2.45, 2.75) is 135 Å². The molecule has 2 unspecified atom stereocenters. The summed E-state index contributed by atoms with van der Waals surface area (Å²) < 4.78 is 17.0. The maximum absolute atomic E-state index is 12.7. The van der Waals surface area contributed by atoms with E-state index >= 15 is 0 Å². The molecule has 0 aromatic heterocycles. The van der Waals surface area contributed by atoms with Crippen molar-refractivity contribution in [2.75, 3.05) is 41.0 Å². The Labute approximate surface area is 340 Å². The van der Waals surface area contributed by atoms with Crippen molar-refractivity contribution < 1.29 is 38.2 Å². The number of aliphatic carboxylic acids is 1. The molecule has 0 bridgehead atoms. The maximum atomic E-state index is 12.7. The molecule has 0 saturated heterocycles. The molecule has 0 heterocycles. The van der Waals surface area contributed by atoms with Gasteiger partial charge in [-0.2, -0.15) is 0 Å². The van der Waals surface area contributed by atoms with Gasteiger partial charge in [0, 0.05) is 19.3 Å². The van der Waals surface area contributed by atoms with Crippen molar-refractivity contribution in [1.29, 1.82) is 0 Å². The van der Waals surface area contributed by atoms with Crippen molar-refractivity contribution in [3.8, 4) is 0 Å². The number of rotatable bonds is 35. The minimum absolute atomic E-state index is 0.00553. The van der Waals surface area contributed by atoms with Gasteiger partial charge in [-0.3, -0.25) is 9.59 Å². The molecule has 0 aliphatic carbocycles. The van der Waals surface area contributed by atoms with Crippen LogP contribution in [-0.4, -0.2) is 75.5 Å². The first kappa shape index (κ1) is 52.0. The first-order valence-electron chi connectivity index (χ1n) is 21.0. The molecule has 0 rings (SSSR count). The summed E-state index contributed by atoms with van der Waals surface area (Å²) in [5.74, 6) is -1.85. The highest BCUT2D eigenvalue weighted by Crippen LogP contribution is 2.11. The molecule has 56 heavy (non-hydrogen) atoms. The zero-order valence-corrected chi connectivity index (χ0v) is 35.5. The summed E-state index contributed by atoms with van der Waals surface area (Å²) in [7, 11) is 5.36. The summed E-state index contributed by atoms with van der Waals surface area (Å²) in [6, 6.07) is -0.745. The second kappa shape index (κ2) is 37.9. The van der Waals surface area contributed by atoms with E-state index in [2.05, 4.69) is 86.8 Å². The average Bonchev–Trinajstić information content (AvgIpc) is 3.15. The van der Waals surface area contributed by atoms with Gasteiger partial charge in [0.05, 0.1) is 40.3 Å². The molecular weight excluding hydrogens is 703 g/mol. The van der Waals surface area contributed by atoms with E-state index in [0.717, 1.165) is 83.5 Å². The van der Waals surface area contributed by atoms with Gasteiger partial charge in [-0.15, -0.1) is 0 Å². The van der Waals surface area contributed by atoms with E-state index in [-0.39, 0.29) is 49.1 Å². The summed E-state index contributed by atoms with van der Waals surface area (Å²) in [6.45, 7) is 4.29. The van der Waals surface area contributed by atoms with Crippen LogP contribution in [0.4, 0.5) is 0 Å². The van der Waals surface area contributed by atoms with Crippen molar-refractivity contribution in [1.82, 2.24) is 0 Å². The molecule has 0 aromatic carbocycles. The number of carboxylic acids is 1. The minimum Gasteiger partial charge on any atom is -0.544 e. The third kappa shape index (κ3) is 35.7. The van der Waals surface area contributed by atoms with Crippen LogP contribution in [0.25, 0.3) is 0 Å². The number of carboxylic acid groups (broad SMARTS) is 1. The van der Waals surface area contributed by atoms with Gasteiger partial charge in [0.2, 0.25) is 0 Å². The Morgan fingerprint density at radius 2 is 1.04 bits per heavy atom. The molecule has 0 amide bonds. The van der Waals surface area contributed by atoms with Crippen LogP contribution in [0, 0.1) is 0 Å². The number of quaternary nitrogens is 1. The number of nitrogens with zero attached hydrogens (tertiary/aromatic N) is 1.